The number of carboxylic acid groups (broad SMARTS) is 1. The quantitative estimate of drug-likeness (QED) is 0.859. The first kappa shape index (κ1) is 15.1. The highest BCUT2D eigenvalue weighted by Gasteiger charge is 2.22. The second-order valence-corrected chi connectivity index (χ2v) is 4.61. The Bertz CT molecular complexity index is 451. The lowest BCUT2D eigenvalue weighted by atomic mass is 10.1. The molecule has 0 aromatic heterocycles. The number of aromatic carboxylic acids is 1. The molecule has 0 aliphatic carbocycles. The van der Waals surface area contributed by atoms with E-state index in [1.807, 2.05) is 27.7 Å². The van der Waals surface area contributed by atoms with Crippen molar-refractivity contribution in [1.82, 2.24) is 0 Å². The van der Waals surface area contributed by atoms with E-state index in [2.05, 4.69) is 0 Å². The lowest BCUT2D eigenvalue weighted by Gasteiger charge is -2.20. The predicted octanol–water partition coefficient (Wildman–Crippen LogP) is 2.97. The van der Waals surface area contributed by atoms with E-state index >= 15 is 0 Å². The van der Waals surface area contributed by atoms with Gasteiger partial charge in [0.15, 0.2) is 11.5 Å². The van der Waals surface area contributed by atoms with Crippen LogP contribution in [0.1, 0.15) is 38.1 Å². The number of benzene rings is 1. The minimum Gasteiger partial charge on any atom is -0.493 e. The minimum atomic E-state index is -1.06. The zero-order valence-electron chi connectivity index (χ0n) is 11.9. The molecule has 0 fully saturated rings. The van der Waals surface area contributed by atoms with Gasteiger partial charge in [-0.3, -0.25) is 0 Å². The van der Waals surface area contributed by atoms with Crippen molar-refractivity contribution in [2.24, 2.45) is 0 Å². The van der Waals surface area contributed by atoms with Crippen LogP contribution in [-0.4, -0.2) is 30.4 Å². The summed E-state index contributed by atoms with van der Waals surface area (Å²) < 4.78 is 16.4. The maximum absolute atomic E-state index is 11.3. The van der Waals surface area contributed by atoms with Crippen LogP contribution in [0.15, 0.2) is 12.1 Å². The fourth-order valence-electron chi connectivity index (χ4n) is 1.57. The number of rotatable bonds is 6. The molecule has 19 heavy (non-hydrogen) atoms. The van der Waals surface area contributed by atoms with E-state index in [4.69, 9.17) is 14.2 Å². The summed E-state index contributed by atoms with van der Waals surface area (Å²) in [5, 5.41) is 9.22. The van der Waals surface area contributed by atoms with Crippen molar-refractivity contribution in [2.45, 2.75) is 39.9 Å². The van der Waals surface area contributed by atoms with Gasteiger partial charge in [-0.25, -0.2) is 4.79 Å². The van der Waals surface area contributed by atoms with Crippen molar-refractivity contribution in [3.63, 3.8) is 0 Å². The first-order valence-electron chi connectivity index (χ1n) is 6.14. The highest BCUT2D eigenvalue weighted by atomic mass is 16.5. The molecule has 1 N–H and O–H groups in total. The van der Waals surface area contributed by atoms with Crippen molar-refractivity contribution >= 4 is 5.97 Å². The SMILES string of the molecule is COc1ccc(C(=O)O)c(OC(C)C)c1OC(C)C. The van der Waals surface area contributed by atoms with E-state index in [9.17, 15) is 9.90 Å². The Balaban J connectivity index is 3.41. The van der Waals surface area contributed by atoms with Crippen LogP contribution in [0.3, 0.4) is 0 Å². The molecule has 0 saturated carbocycles. The summed E-state index contributed by atoms with van der Waals surface area (Å²) in [4.78, 5) is 11.3. The molecular formula is C14H20O5. The molecule has 0 radical (unpaired) electrons. The number of ether oxygens (including phenoxy) is 3. The molecule has 0 aliphatic rings. The van der Waals surface area contributed by atoms with Crippen LogP contribution >= 0.6 is 0 Å². The standard InChI is InChI=1S/C14H20O5/c1-8(2)18-12-10(14(15)16)6-7-11(17-5)13(12)19-9(3)4/h6-9H,1-5H3,(H,15,16). The van der Waals surface area contributed by atoms with Gasteiger partial charge < -0.3 is 19.3 Å². The summed E-state index contributed by atoms with van der Waals surface area (Å²) in [5.41, 5.74) is 0.0603. The second kappa shape index (κ2) is 6.31. The summed E-state index contributed by atoms with van der Waals surface area (Å²) in [6.45, 7) is 7.35. The third-order valence-corrected chi connectivity index (χ3v) is 2.23. The third-order valence-electron chi connectivity index (χ3n) is 2.23. The van der Waals surface area contributed by atoms with Gasteiger partial charge in [-0.2, -0.15) is 0 Å². The van der Waals surface area contributed by atoms with Gasteiger partial charge in [0.05, 0.1) is 19.3 Å². The monoisotopic (exact) mass is 268 g/mol. The lowest BCUT2D eigenvalue weighted by Crippen LogP contribution is -2.14. The molecule has 0 spiro atoms. The number of carbonyl (C=O) groups is 1. The smallest absolute Gasteiger partial charge is 0.339 e. The molecule has 0 bridgehead atoms. The average molecular weight is 268 g/mol. The molecule has 1 rings (SSSR count). The van der Waals surface area contributed by atoms with E-state index in [1.54, 1.807) is 6.07 Å². The van der Waals surface area contributed by atoms with E-state index in [1.165, 1.54) is 13.2 Å². The molecule has 0 amide bonds. The Kier molecular flexibility index (Phi) is 5.03. The van der Waals surface area contributed by atoms with Gasteiger partial charge in [0.25, 0.3) is 0 Å². The molecule has 0 saturated heterocycles. The fraction of sp³-hybridized carbons (Fsp3) is 0.500. The second-order valence-electron chi connectivity index (χ2n) is 4.61. The molecular weight excluding hydrogens is 248 g/mol. The maximum Gasteiger partial charge on any atom is 0.339 e. The minimum absolute atomic E-state index is 0.0603. The van der Waals surface area contributed by atoms with Crippen molar-refractivity contribution in [2.75, 3.05) is 7.11 Å². The van der Waals surface area contributed by atoms with Crippen LogP contribution in [0.2, 0.25) is 0 Å². The van der Waals surface area contributed by atoms with Crippen LogP contribution in [0, 0.1) is 0 Å². The highest BCUT2D eigenvalue weighted by Crippen LogP contribution is 2.41. The maximum atomic E-state index is 11.3. The van der Waals surface area contributed by atoms with Gasteiger partial charge in [-0.05, 0) is 39.8 Å². The van der Waals surface area contributed by atoms with Gasteiger partial charge in [-0.15, -0.1) is 0 Å². The topological polar surface area (TPSA) is 65.0 Å². The Hall–Kier alpha value is -1.91. The Morgan fingerprint density at radius 3 is 2.00 bits per heavy atom. The molecule has 1 aromatic carbocycles. The molecule has 0 aliphatic heterocycles. The normalized spacial score (nSPS) is 10.7. The third kappa shape index (κ3) is 3.77. The van der Waals surface area contributed by atoms with E-state index in [0.717, 1.165) is 0 Å². The van der Waals surface area contributed by atoms with E-state index in [0.29, 0.717) is 11.5 Å². The van der Waals surface area contributed by atoms with E-state index in [-0.39, 0.29) is 23.5 Å². The number of carboxylic acids is 1. The van der Waals surface area contributed by atoms with Crippen LogP contribution in [0.4, 0.5) is 0 Å². The predicted molar refractivity (Wildman–Crippen MR) is 71.5 cm³/mol. The summed E-state index contributed by atoms with van der Waals surface area (Å²) in [7, 11) is 1.50. The van der Waals surface area contributed by atoms with Crippen molar-refractivity contribution in [1.29, 1.82) is 0 Å². The Labute approximate surface area is 113 Å². The summed E-state index contributed by atoms with van der Waals surface area (Å²) in [5.74, 6) is -0.0806. The van der Waals surface area contributed by atoms with Crippen molar-refractivity contribution < 1.29 is 24.1 Å². The molecule has 0 heterocycles. The van der Waals surface area contributed by atoms with Gasteiger partial charge in [-0.1, -0.05) is 0 Å². The van der Waals surface area contributed by atoms with Gasteiger partial charge >= 0.3 is 5.97 Å². The zero-order valence-corrected chi connectivity index (χ0v) is 11.9. The molecule has 0 atom stereocenters. The van der Waals surface area contributed by atoms with Gasteiger partial charge in [0.2, 0.25) is 5.75 Å². The Morgan fingerprint density at radius 1 is 1.05 bits per heavy atom. The van der Waals surface area contributed by atoms with Crippen molar-refractivity contribution in [3.05, 3.63) is 17.7 Å². The number of hydrogen-bond donors (Lipinski definition) is 1. The highest BCUT2D eigenvalue weighted by molar-refractivity contribution is 5.92. The average Bonchev–Trinajstić information content (AvgIpc) is 2.29. The van der Waals surface area contributed by atoms with E-state index < -0.39 is 5.97 Å². The zero-order chi connectivity index (χ0) is 14.6. The fourth-order valence-corrected chi connectivity index (χ4v) is 1.57. The lowest BCUT2D eigenvalue weighted by molar-refractivity contribution is 0.0688. The first-order chi connectivity index (χ1) is 8.86. The first-order valence-corrected chi connectivity index (χ1v) is 6.14. The van der Waals surface area contributed by atoms with Gasteiger partial charge in [0.1, 0.15) is 5.56 Å². The molecule has 5 heteroatoms. The van der Waals surface area contributed by atoms with Gasteiger partial charge in [0, 0.05) is 0 Å². The molecule has 0 unspecified atom stereocenters. The summed E-state index contributed by atoms with van der Waals surface area (Å²) in [6, 6.07) is 3.01. The summed E-state index contributed by atoms with van der Waals surface area (Å²) in [6.07, 6.45) is -0.285. The number of methoxy groups -OCH3 is 1. The Morgan fingerprint density at radius 2 is 1.58 bits per heavy atom. The number of hydrogen-bond acceptors (Lipinski definition) is 4. The molecule has 5 nitrogen and oxygen atoms in total. The summed E-state index contributed by atoms with van der Waals surface area (Å²) >= 11 is 0. The van der Waals surface area contributed by atoms with Crippen LogP contribution in [-0.2, 0) is 0 Å². The van der Waals surface area contributed by atoms with Crippen LogP contribution in [0.25, 0.3) is 0 Å². The van der Waals surface area contributed by atoms with Crippen LogP contribution in [0.5, 0.6) is 17.2 Å². The largest absolute Gasteiger partial charge is 0.493 e. The molecule has 1 aromatic rings. The molecule has 106 valence electrons. The van der Waals surface area contributed by atoms with Crippen LogP contribution < -0.4 is 14.2 Å². The van der Waals surface area contributed by atoms with Crippen molar-refractivity contribution in [3.8, 4) is 17.2 Å².